The second-order valence-electron chi connectivity index (χ2n) is 13.6. The van der Waals surface area contributed by atoms with Crippen molar-refractivity contribution in [1.29, 1.82) is 0 Å². The SMILES string of the molecule is COC1CCN(CC2(COc3nc4c(c(N5CCCCC[C@H]5C)n3)CN(C(=O)c3cc(O)cc5cccc(I)c35)C4)CC2)CC1. The third-order valence-electron chi connectivity index (χ3n) is 10.4. The predicted molar refractivity (Wildman–Crippen MR) is 183 cm³/mol. The molecule has 0 bridgehead atoms. The van der Waals surface area contributed by atoms with E-state index in [0.29, 0.717) is 43.4 Å². The molecular formula is C35H44IN5O4. The van der Waals surface area contributed by atoms with Crippen LogP contribution in [0.2, 0.25) is 0 Å². The Morgan fingerprint density at radius 2 is 1.89 bits per heavy atom. The van der Waals surface area contributed by atoms with Gasteiger partial charge in [0.1, 0.15) is 11.6 Å². The van der Waals surface area contributed by atoms with Crippen LogP contribution in [0.5, 0.6) is 11.8 Å². The van der Waals surface area contributed by atoms with Gasteiger partial charge in [0.2, 0.25) is 0 Å². The van der Waals surface area contributed by atoms with Crippen LogP contribution in [0.3, 0.4) is 0 Å². The topological polar surface area (TPSA) is 91.3 Å². The van der Waals surface area contributed by atoms with Gasteiger partial charge in [-0.05, 0) is 91.6 Å². The number of methoxy groups -OCH3 is 1. The molecule has 1 aliphatic carbocycles. The van der Waals surface area contributed by atoms with Crippen LogP contribution in [0, 0.1) is 8.99 Å². The first kappa shape index (κ1) is 30.9. The van der Waals surface area contributed by atoms with Crippen LogP contribution in [0.15, 0.2) is 30.3 Å². The molecule has 1 atom stereocenters. The molecule has 2 aromatic carbocycles. The number of aromatic nitrogens is 2. The van der Waals surface area contributed by atoms with Gasteiger partial charge in [-0.2, -0.15) is 9.97 Å². The average molecular weight is 726 g/mol. The van der Waals surface area contributed by atoms with E-state index in [-0.39, 0.29) is 17.1 Å². The summed E-state index contributed by atoms with van der Waals surface area (Å²) in [5, 5.41) is 12.2. The molecule has 1 N–H and O–H groups in total. The summed E-state index contributed by atoms with van der Waals surface area (Å²) in [4.78, 5) is 31.0. The Morgan fingerprint density at radius 1 is 1.07 bits per heavy atom. The largest absolute Gasteiger partial charge is 0.508 e. The highest BCUT2D eigenvalue weighted by atomic mass is 127. The van der Waals surface area contributed by atoms with Crippen molar-refractivity contribution in [3.8, 4) is 11.8 Å². The summed E-state index contributed by atoms with van der Waals surface area (Å²) in [7, 11) is 1.82. The van der Waals surface area contributed by atoms with E-state index >= 15 is 0 Å². The first-order chi connectivity index (χ1) is 21.8. The summed E-state index contributed by atoms with van der Waals surface area (Å²) in [5.41, 5.74) is 2.56. The number of anilines is 1. The minimum absolute atomic E-state index is 0.0937. The number of phenolic OH excluding ortho intramolecular Hbond substituents is 1. The molecule has 1 saturated carbocycles. The Kier molecular flexibility index (Phi) is 8.82. The lowest BCUT2D eigenvalue weighted by atomic mass is 10.0. The normalized spacial score (nSPS) is 22.0. The van der Waals surface area contributed by atoms with E-state index < -0.39 is 0 Å². The van der Waals surface area contributed by atoms with Gasteiger partial charge in [0, 0.05) is 59.3 Å². The zero-order chi connectivity index (χ0) is 31.1. The van der Waals surface area contributed by atoms with Gasteiger partial charge in [-0.1, -0.05) is 25.0 Å². The quantitative estimate of drug-likeness (QED) is 0.278. The standard InChI is InChI=1S/C35H44IN5O4/c1-23-7-4-3-5-14-41(23)32-28-19-40(33(43)27-18-25(42)17-24-8-6-9-29(36)31(24)27)20-30(28)37-34(38-32)45-22-35(12-13-35)21-39-15-10-26(44-2)11-16-39/h6,8-9,17-18,23,26,42H,3-5,7,10-16,19-22H2,1-2H3/t23-/m1/s1. The molecule has 2 saturated heterocycles. The fourth-order valence-corrected chi connectivity index (χ4v) is 8.29. The van der Waals surface area contributed by atoms with E-state index in [1.165, 1.54) is 12.8 Å². The van der Waals surface area contributed by atoms with Gasteiger partial charge in [0.15, 0.2) is 0 Å². The van der Waals surface area contributed by atoms with Crippen LogP contribution >= 0.6 is 22.6 Å². The number of rotatable bonds is 8. The fraction of sp³-hybridized carbons (Fsp3) is 0.571. The molecule has 45 heavy (non-hydrogen) atoms. The van der Waals surface area contributed by atoms with Crippen LogP contribution in [0.4, 0.5) is 5.82 Å². The smallest absolute Gasteiger partial charge is 0.318 e. The number of fused-ring (bicyclic) bond motifs is 2. The number of carbonyl (C=O) groups excluding carboxylic acids is 1. The molecule has 240 valence electrons. The van der Waals surface area contributed by atoms with Crippen LogP contribution in [-0.4, -0.2) is 82.8 Å². The zero-order valence-corrected chi connectivity index (χ0v) is 28.6. The second kappa shape index (κ2) is 12.8. The summed E-state index contributed by atoms with van der Waals surface area (Å²) in [6, 6.07) is 9.98. The Labute approximate surface area is 279 Å². The van der Waals surface area contributed by atoms with Crippen molar-refractivity contribution in [1.82, 2.24) is 19.8 Å². The molecule has 1 aromatic heterocycles. The number of carbonyl (C=O) groups is 1. The Morgan fingerprint density at radius 3 is 2.67 bits per heavy atom. The zero-order valence-electron chi connectivity index (χ0n) is 26.4. The lowest BCUT2D eigenvalue weighted by Crippen LogP contribution is -2.41. The molecule has 0 radical (unpaired) electrons. The maximum absolute atomic E-state index is 14.1. The number of piperidine rings is 1. The summed E-state index contributed by atoms with van der Waals surface area (Å²) in [5.74, 6) is 0.905. The second-order valence-corrected chi connectivity index (χ2v) is 14.8. The van der Waals surface area contributed by atoms with E-state index in [9.17, 15) is 9.90 Å². The van der Waals surface area contributed by atoms with E-state index in [4.69, 9.17) is 19.4 Å². The van der Waals surface area contributed by atoms with Crippen LogP contribution in [-0.2, 0) is 17.8 Å². The van der Waals surface area contributed by atoms with Gasteiger partial charge in [-0.15, -0.1) is 0 Å². The lowest BCUT2D eigenvalue weighted by Gasteiger charge is -2.33. The van der Waals surface area contributed by atoms with Gasteiger partial charge in [-0.3, -0.25) is 4.79 Å². The van der Waals surface area contributed by atoms with Crippen molar-refractivity contribution in [2.75, 3.05) is 44.8 Å². The van der Waals surface area contributed by atoms with Gasteiger partial charge >= 0.3 is 6.01 Å². The number of halogens is 1. The summed E-state index contributed by atoms with van der Waals surface area (Å²) >= 11 is 2.27. The third-order valence-corrected chi connectivity index (χ3v) is 11.3. The average Bonchev–Trinajstić information content (AvgIpc) is 3.72. The summed E-state index contributed by atoms with van der Waals surface area (Å²) < 4.78 is 13.0. The number of aromatic hydroxyl groups is 1. The fourth-order valence-electron chi connectivity index (χ4n) is 7.48. The van der Waals surface area contributed by atoms with Crippen molar-refractivity contribution in [2.45, 2.75) is 83.5 Å². The molecule has 0 unspecified atom stereocenters. The number of hydrogen-bond acceptors (Lipinski definition) is 8. The molecule has 7 rings (SSSR count). The van der Waals surface area contributed by atoms with Gasteiger partial charge in [0.25, 0.3) is 5.91 Å². The van der Waals surface area contributed by atoms with Gasteiger partial charge in [0.05, 0.1) is 37.1 Å². The van der Waals surface area contributed by atoms with E-state index in [0.717, 1.165) is 96.1 Å². The predicted octanol–water partition coefficient (Wildman–Crippen LogP) is 6.13. The van der Waals surface area contributed by atoms with Crippen LogP contribution in [0.25, 0.3) is 10.8 Å². The minimum Gasteiger partial charge on any atom is -0.508 e. The molecule has 0 spiro atoms. The van der Waals surface area contributed by atoms with Crippen molar-refractivity contribution >= 4 is 45.1 Å². The van der Waals surface area contributed by atoms with E-state index in [2.05, 4.69) is 39.3 Å². The monoisotopic (exact) mass is 725 g/mol. The molecule has 4 aliphatic rings. The van der Waals surface area contributed by atoms with Crippen LogP contribution < -0.4 is 9.64 Å². The first-order valence-electron chi connectivity index (χ1n) is 16.6. The molecular weight excluding hydrogens is 681 g/mol. The van der Waals surface area contributed by atoms with E-state index in [1.807, 2.05) is 30.2 Å². The Balaban J connectivity index is 1.14. The number of nitrogens with zero attached hydrogens (tertiary/aromatic N) is 5. The Bertz CT molecular complexity index is 1570. The summed E-state index contributed by atoms with van der Waals surface area (Å²) in [6.07, 6.45) is 9.56. The highest BCUT2D eigenvalue weighted by Crippen LogP contribution is 2.47. The molecule has 9 nitrogen and oxygen atoms in total. The lowest BCUT2D eigenvalue weighted by molar-refractivity contribution is 0.0313. The van der Waals surface area contributed by atoms with Gasteiger partial charge < -0.3 is 29.3 Å². The van der Waals surface area contributed by atoms with Crippen molar-refractivity contribution in [3.05, 3.63) is 50.7 Å². The Hall–Kier alpha value is -2.70. The third kappa shape index (κ3) is 6.47. The van der Waals surface area contributed by atoms with E-state index in [1.54, 1.807) is 12.1 Å². The van der Waals surface area contributed by atoms with Crippen LogP contribution in [0.1, 0.15) is 79.9 Å². The highest BCUT2D eigenvalue weighted by Gasteiger charge is 2.45. The molecule has 3 aliphatic heterocycles. The maximum Gasteiger partial charge on any atom is 0.318 e. The molecule has 10 heteroatoms. The highest BCUT2D eigenvalue weighted by molar-refractivity contribution is 14.1. The number of phenols is 1. The number of benzene rings is 2. The van der Waals surface area contributed by atoms with Gasteiger partial charge in [-0.25, -0.2) is 0 Å². The van der Waals surface area contributed by atoms with Crippen molar-refractivity contribution in [2.24, 2.45) is 5.41 Å². The number of ether oxygens (including phenoxy) is 2. The van der Waals surface area contributed by atoms with Crippen molar-refractivity contribution in [3.63, 3.8) is 0 Å². The number of hydrogen-bond donors (Lipinski definition) is 1. The maximum atomic E-state index is 14.1. The first-order valence-corrected chi connectivity index (χ1v) is 17.7. The molecule has 4 heterocycles. The molecule has 3 fully saturated rings. The van der Waals surface area contributed by atoms with Crippen molar-refractivity contribution < 1.29 is 19.4 Å². The molecule has 3 aromatic rings. The molecule has 1 amide bonds. The summed E-state index contributed by atoms with van der Waals surface area (Å²) in [6.45, 7) is 7.86. The number of likely N-dealkylation sites (tertiary alicyclic amines) is 1. The number of amides is 1. The minimum atomic E-state index is -0.107.